The summed E-state index contributed by atoms with van der Waals surface area (Å²) in [5.41, 5.74) is 0. The second kappa shape index (κ2) is 6.34. The first-order valence-electron chi connectivity index (χ1n) is 3.21. The molecular formula is C6H15NOS2. The van der Waals surface area contributed by atoms with E-state index < -0.39 is 0 Å². The van der Waals surface area contributed by atoms with Crippen LogP contribution >= 0.6 is 24.4 Å². The van der Waals surface area contributed by atoms with Crippen molar-refractivity contribution in [1.82, 2.24) is 5.06 Å². The van der Waals surface area contributed by atoms with Crippen molar-refractivity contribution in [2.45, 2.75) is 19.9 Å². The quantitative estimate of drug-likeness (QED) is 0.395. The zero-order chi connectivity index (χ0) is 7.98. The van der Waals surface area contributed by atoms with E-state index >= 15 is 0 Å². The van der Waals surface area contributed by atoms with E-state index in [0.29, 0.717) is 6.04 Å². The molecule has 0 heterocycles. The maximum atomic E-state index is 5.09. The molecule has 0 amide bonds. The van der Waals surface area contributed by atoms with Crippen LogP contribution in [0.4, 0.5) is 0 Å². The molecule has 0 aromatic rings. The van der Waals surface area contributed by atoms with Crippen LogP contribution in [0.15, 0.2) is 0 Å². The van der Waals surface area contributed by atoms with Crippen molar-refractivity contribution < 1.29 is 4.84 Å². The number of nitrogens with zero attached hydrogens (tertiary/aromatic N) is 1. The van der Waals surface area contributed by atoms with E-state index in [9.17, 15) is 0 Å². The lowest BCUT2D eigenvalue weighted by atomic mass is 10.4. The Morgan fingerprint density at radius 3 is 2.50 bits per heavy atom. The topological polar surface area (TPSA) is 12.5 Å². The SMILES string of the molecule is CON(CSCS)C(C)C. The summed E-state index contributed by atoms with van der Waals surface area (Å²) in [7, 11) is 1.69. The molecule has 0 aliphatic heterocycles. The lowest BCUT2D eigenvalue weighted by Crippen LogP contribution is -2.29. The molecule has 62 valence electrons. The van der Waals surface area contributed by atoms with Gasteiger partial charge in [-0.15, -0.1) is 11.8 Å². The Labute approximate surface area is 72.7 Å². The minimum Gasteiger partial charge on any atom is -0.301 e. The van der Waals surface area contributed by atoms with E-state index in [1.807, 2.05) is 5.06 Å². The second-order valence-corrected chi connectivity index (χ2v) is 3.85. The van der Waals surface area contributed by atoms with Crippen molar-refractivity contribution in [3.8, 4) is 0 Å². The third kappa shape index (κ3) is 4.44. The molecule has 0 radical (unpaired) electrons. The first kappa shape index (κ1) is 10.6. The van der Waals surface area contributed by atoms with E-state index in [1.54, 1.807) is 18.9 Å². The molecule has 0 atom stereocenters. The summed E-state index contributed by atoms with van der Waals surface area (Å²) in [6, 6.07) is 0.442. The highest BCUT2D eigenvalue weighted by atomic mass is 32.2. The number of thiol groups is 1. The van der Waals surface area contributed by atoms with Crippen molar-refractivity contribution in [3.05, 3.63) is 0 Å². The monoisotopic (exact) mass is 181 g/mol. The van der Waals surface area contributed by atoms with Gasteiger partial charge in [-0.05, 0) is 13.8 Å². The summed E-state index contributed by atoms with van der Waals surface area (Å²) < 4.78 is 0. The summed E-state index contributed by atoms with van der Waals surface area (Å²) in [5.74, 6) is 0.887. The predicted molar refractivity (Wildman–Crippen MR) is 50.3 cm³/mol. The Bertz CT molecular complexity index is 80.1. The maximum Gasteiger partial charge on any atom is 0.0707 e. The molecular weight excluding hydrogens is 166 g/mol. The molecule has 0 spiro atoms. The van der Waals surface area contributed by atoms with Crippen LogP contribution in [0.3, 0.4) is 0 Å². The fraction of sp³-hybridized carbons (Fsp3) is 1.00. The van der Waals surface area contributed by atoms with E-state index in [2.05, 4.69) is 26.5 Å². The maximum absolute atomic E-state index is 5.09. The summed E-state index contributed by atoms with van der Waals surface area (Å²) in [6.07, 6.45) is 0. The van der Waals surface area contributed by atoms with E-state index in [-0.39, 0.29) is 0 Å². The van der Waals surface area contributed by atoms with Gasteiger partial charge in [-0.1, -0.05) is 0 Å². The smallest absolute Gasteiger partial charge is 0.0707 e. The molecule has 0 N–H and O–H groups in total. The van der Waals surface area contributed by atoms with Gasteiger partial charge in [-0.2, -0.15) is 17.7 Å². The molecule has 0 aromatic carbocycles. The fourth-order valence-corrected chi connectivity index (χ4v) is 1.45. The van der Waals surface area contributed by atoms with Gasteiger partial charge in [0.25, 0.3) is 0 Å². The van der Waals surface area contributed by atoms with Gasteiger partial charge in [0.2, 0.25) is 0 Å². The first-order valence-corrected chi connectivity index (χ1v) is 5.00. The number of thioether (sulfide) groups is 1. The Hall–Kier alpha value is 0.620. The van der Waals surface area contributed by atoms with Gasteiger partial charge >= 0.3 is 0 Å². The zero-order valence-electron chi connectivity index (χ0n) is 6.70. The molecule has 0 aromatic heterocycles. The largest absolute Gasteiger partial charge is 0.301 e. The minimum absolute atomic E-state index is 0.442. The van der Waals surface area contributed by atoms with Gasteiger partial charge in [0.15, 0.2) is 0 Å². The molecule has 0 saturated carbocycles. The van der Waals surface area contributed by atoms with Crippen molar-refractivity contribution in [2.24, 2.45) is 0 Å². The third-order valence-corrected chi connectivity index (χ3v) is 2.29. The average Bonchev–Trinajstić information content (AvgIpc) is 1.89. The van der Waals surface area contributed by atoms with Crippen LogP contribution in [0, 0.1) is 0 Å². The molecule has 0 aliphatic carbocycles. The summed E-state index contributed by atoms with van der Waals surface area (Å²) in [6.45, 7) is 4.20. The minimum atomic E-state index is 0.442. The highest BCUT2D eigenvalue weighted by Crippen LogP contribution is 2.08. The van der Waals surface area contributed by atoms with Gasteiger partial charge in [0.1, 0.15) is 0 Å². The van der Waals surface area contributed by atoms with Crippen molar-refractivity contribution in [1.29, 1.82) is 0 Å². The lowest BCUT2D eigenvalue weighted by Gasteiger charge is -2.22. The summed E-state index contributed by atoms with van der Waals surface area (Å²) in [5, 5.41) is 2.76. The van der Waals surface area contributed by atoms with Crippen LogP contribution < -0.4 is 0 Å². The van der Waals surface area contributed by atoms with Gasteiger partial charge in [-0.3, -0.25) is 0 Å². The fourth-order valence-electron chi connectivity index (χ4n) is 0.543. The zero-order valence-corrected chi connectivity index (χ0v) is 8.41. The lowest BCUT2D eigenvalue weighted by molar-refractivity contribution is -0.137. The molecule has 0 aliphatic rings. The van der Waals surface area contributed by atoms with Crippen LogP contribution in [0.5, 0.6) is 0 Å². The van der Waals surface area contributed by atoms with Crippen LogP contribution in [0.25, 0.3) is 0 Å². The van der Waals surface area contributed by atoms with E-state index in [1.165, 1.54) is 0 Å². The summed E-state index contributed by atoms with van der Waals surface area (Å²) in [4.78, 5) is 5.09. The molecule has 0 unspecified atom stereocenters. The molecule has 4 heteroatoms. The first-order chi connectivity index (χ1) is 4.72. The summed E-state index contributed by atoms with van der Waals surface area (Å²) >= 11 is 5.82. The number of hydrogen-bond donors (Lipinski definition) is 1. The molecule has 0 rings (SSSR count). The van der Waals surface area contributed by atoms with E-state index in [0.717, 1.165) is 11.0 Å². The third-order valence-electron chi connectivity index (χ3n) is 1.12. The predicted octanol–water partition coefficient (Wildman–Crippen LogP) is 1.84. The van der Waals surface area contributed by atoms with Gasteiger partial charge in [0.05, 0.1) is 13.0 Å². The van der Waals surface area contributed by atoms with Crippen LogP contribution in [0.1, 0.15) is 13.8 Å². The number of hydrogen-bond acceptors (Lipinski definition) is 4. The van der Waals surface area contributed by atoms with Gasteiger partial charge in [0, 0.05) is 11.1 Å². The van der Waals surface area contributed by atoms with Crippen LogP contribution in [-0.2, 0) is 4.84 Å². The standard InChI is InChI=1S/C6H15NOS2/c1-6(2)7(8-3)4-10-5-9/h6,9H,4-5H2,1-3H3. The molecule has 10 heavy (non-hydrogen) atoms. The second-order valence-electron chi connectivity index (χ2n) is 2.16. The van der Waals surface area contributed by atoms with Crippen molar-refractivity contribution in [2.75, 3.05) is 18.1 Å². The highest BCUT2D eigenvalue weighted by molar-refractivity contribution is 8.09. The number of hydroxylamine groups is 2. The Morgan fingerprint density at radius 1 is 1.60 bits per heavy atom. The average molecular weight is 181 g/mol. The van der Waals surface area contributed by atoms with Gasteiger partial charge < -0.3 is 4.84 Å². The Balaban J connectivity index is 3.40. The molecule has 2 nitrogen and oxygen atoms in total. The number of rotatable bonds is 5. The molecule has 0 saturated heterocycles. The Morgan fingerprint density at radius 2 is 2.20 bits per heavy atom. The molecule has 0 bridgehead atoms. The van der Waals surface area contributed by atoms with Crippen LogP contribution in [0.2, 0.25) is 0 Å². The van der Waals surface area contributed by atoms with Crippen LogP contribution in [-0.4, -0.2) is 29.2 Å². The highest BCUT2D eigenvalue weighted by Gasteiger charge is 2.06. The van der Waals surface area contributed by atoms with E-state index in [4.69, 9.17) is 4.84 Å². The Kier molecular flexibility index (Phi) is 6.73. The normalized spacial score (nSPS) is 11.4. The van der Waals surface area contributed by atoms with Crippen molar-refractivity contribution >= 4 is 24.4 Å². The van der Waals surface area contributed by atoms with Gasteiger partial charge in [-0.25, -0.2) is 0 Å². The van der Waals surface area contributed by atoms with Crippen molar-refractivity contribution in [3.63, 3.8) is 0 Å². The molecule has 0 fully saturated rings.